The molecule has 0 radical (unpaired) electrons. The van der Waals surface area contributed by atoms with Crippen molar-refractivity contribution in [1.82, 2.24) is 5.32 Å². The van der Waals surface area contributed by atoms with E-state index in [9.17, 15) is 18.0 Å². The highest BCUT2D eigenvalue weighted by Crippen LogP contribution is 2.28. The first-order chi connectivity index (χ1) is 5.41. The number of hydrogen-bond donors (Lipinski definition) is 2. The van der Waals surface area contributed by atoms with Gasteiger partial charge in [0.15, 0.2) is 0 Å². The average Bonchev–Trinajstić information content (AvgIpc) is 2.30. The molecule has 2 atom stereocenters. The highest BCUT2D eigenvalue weighted by molar-refractivity contribution is 5.85. The standard InChI is InChI=1S/C6H8F3NO2.ClH/c7-6(8,9)4-2-1-3(10-4)5(11)12;/h3-4,10H,1-2H2,(H,11,12);1H/t3-,4+;/m1./s1. The second kappa shape index (κ2) is 4.15. The number of aliphatic carboxylic acids is 1. The Morgan fingerprint density at radius 1 is 1.38 bits per heavy atom. The predicted molar refractivity (Wildman–Crippen MR) is 40.9 cm³/mol. The van der Waals surface area contributed by atoms with Crippen LogP contribution in [0.1, 0.15) is 12.8 Å². The van der Waals surface area contributed by atoms with Crippen LogP contribution in [0.15, 0.2) is 0 Å². The second-order valence-corrected chi connectivity index (χ2v) is 2.73. The zero-order valence-electron chi connectivity index (χ0n) is 6.47. The van der Waals surface area contributed by atoms with Crippen LogP contribution in [0.25, 0.3) is 0 Å². The molecule has 0 aromatic rings. The van der Waals surface area contributed by atoms with Crippen molar-refractivity contribution in [2.45, 2.75) is 31.1 Å². The Balaban J connectivity index is 0.00000144. The zero-order valence-corrected chi connectivity index (χ0v) is 7.28. The van der Waals surface area contributed by atoms with Gasteiger partial charge in [-0.05, 0) is 12.8 Å². The summed E-state index contributed by atoms with van der Waals surface area (Å²) in [6.07, 6.45) is -4.44. The molecule has 0 amide bonds. The molecule has 0 unspecified atom stereocenters. The molecule has 0 aromatic heterocycles. The third kappa shape index (κ3) is 3.04. The minimum Gasteiger partial charge on any atom is -0.480 e. The lowest BCUT2D eigenvalue weighted by Crippen LogP contribution is -2.43. The Hall–Kier alpha value is -0.490. The lowest BCUT2D eigenvalue weighted by molar-refractivity contribution is -0.154. The molecule has 1 aliphatic rings. The highest BCUT2D eigenvalue weighted by Gasteiger charge is 2.45. The summed E-state index contributed by atoms with van der Waals surface area (Å²) in [6, 6.07) is -2.70. The summed E-state index contributed by atoms with van der Waals surface area (Å²) in [6.45, 7) is 0. The van der Waals surface area contributed by atoms with Crippen molar-refractivity contribution in [3.63, 3.8) is 0 Å². The van der Waals surface area contributed by atoms with E-state index in [2.05, 4.69) is 0 Å². The Morgan fingerprint density at radius 2 is 1.92 bits per heavy atom. The molecule has 1 rings (SSSR count). The largest absolute Gasteiger partial charge is 0.480 e. The molecule has 1 aliphatic heterocycles. The SMILES string of the molecule is Cl.O=C(O)[C@H]1CC[C@@H](C(F)(F)F)N1. The van der Waals surface area contributed by atoms with Gasteiger partial charge in [0.1, 0.15) is 12.1 Å². The molecule has 0 spiro atoms. The van der Waals surface area contributed by atoms with Crippen LogP contribution in [0.3, 0.4) is 0 Å². The average molecular weight is 220 g/mol. The van der Waals surface area contributed by atoms with Crippen molar-refractivity contribution in [2.24, 2.45) is 0 Å². The predicted octanol–water partition coefficient (Wildman–Crippen LogP) is 1.18. The van der Waals surface area contributed by atoms with Gasteiger partial charge >= 0.3 is 12.1 Å². The third-order valence-corrected chi connectivity index (χ3v) is 1.84. The van der Waals surface area contributed by atoms with Gasteiger partial charge in [-0.1, -0.05) is 0 Å². The maximum Gasteiger partial charge on any atom is 0.403 e. The Kier molecular flexibility index (Phi) is 3.99. The summed E-state index contributed by atoms with van der Waals surface area (Å²) in [5.41, 5.74) is 0. The maximum absolute atomic E-state index is 11.9. The quantitative estimate of drug-likeness (QED) is 0.696. The van der Waals surface area contributed by atoms with Crippen LogP contribution in [0.4, 0.5) is 13.2 Å². The fourth-order valence-electron chi connectivity index (χ4n) is 1.20. The van der Waals surface area contributed by atoms with E-state index in [0.29, 0.717) is 0 Å². The molecule has 0 saturated carbocycles. The molecule has 0 aliphatic carbocycles. The summed E-state index contributed by atoms with van der Waals surface area (Å²) < 4.78 is 35.8. The number of carboxylic acid groups (broad SMARTS) is 1. The van der Waals surface area contributed by atoms with Crippen molar-refractivity contribution >= 4 is 18.4 Å². The molecule has 13 heavy (non-hydrogen) atoms. The van der Waals surface area contributed by atoms with Gasteiger partial charge < -0.3 is 5.11 Å². The minimum atomic E-state index is -4.33. The summed E-state index contributed by atoms with van der Waals surface area (Å²) in [4.78, 5) is 10.2. The van der Waals surface area contributed by atoms with E-state index >= 15 is 0 Å². The van der Waals surface area contributed by atoms with Crippen LogP contribution in [0, 0.1) is 0 Å². The topological polar surface area (TPSA) is 49.3 Å². The Morgan fingerprint density at radius 3 is 2.15 bits per heavy atom. The van der Waals surface area contributed by atoms with E-state index < -0.39 is 24.2 Å². The molecule has 2 N–H and O–H groups in total. The van der Waals surface area contributed by atoms with Crippen molar-refractivity contribution in [3.8, 4) is 0 Å². The fraction of sp³-hybridized carbons (Fsp3) is 0.833. The van der Waals surface area contributed by atoms with Gasteiger partial charge in [0.05, 0.1) is 0 Å². The van der Waals surface area contributed by atoms with Gasteiger partial charge in [0.2, 0.25) is 0 Å². The lowest BCUT2D eigenvalue weighted by Gasteiger charge is -2.14. The van der Waals surface area contributed by atoms with E-state index in [4.69, 9.17) is 5.11 Å². The van der Waals surface area contributed by atoms with Gasteiger partial charge in [-0.2, -0.15) is 13.2 Å². The van der Waals surface area contributed by atoms with Crippen LogP contribution in [-0.2, 0) is 4.79 Å². The summed E-state index contributed by atoms with van der Waals surface area (Å²) in [5, 5.41) is 10.4. The van der Waals surface area contributed by atoms with E-state index in [1.807, 2.05) is 5.32 Å². The molecule has 0 bridgehead atoms. The number of nitrogens with one attached hydrogen (secondary N) is 1. The lowest BCUT2D eigenvalue weighted by atomic mass is 10.2. The van der Waals surface area contributed by atoms with Gasteiger partial charge in [-0.15, -0.1) is 12.4 Å². The molecular weight excluding hydrogens is 211 g/mol. The molecule has 7 heteroatoms. The Labute approximate surface area is 78.7 Å². The van der Waals surface area contributed by atoms with Gasteiger partial charge in [0, 0.05) is 0 Å². The number of rotatable bonds is 1. The smallest absolute Gasteiger partial charge is 0.403 e. The van der Waals surface area contributed by atoms with Crippen LogP contribution in [-0.4, -0.2) is 29.3 Å². The molecule has 1 saturated heterocycles. The van der Waals surface area contributed by atoms with Crippen LogP contribution >= 0.6 is 12.4 Å². The summed E-state index contributed by atoms with van der Waals surface area (Å²) >= 11 is 0. The number of halogens is 4. The molecular formula is C6H9ClF3NO2. The first-order valence-electron chi connectivity index (χ1n) is 3.47. The minimum absolute atomic E-state index is 0. The first kappa shape index (κ1) is 12.5. The van der Waals surface area contributed by atoms with Gasteiger partial charge in [-0.3, -0.25) is 10.1 Å². The number of hydrogen-bond acceptors (Lipinski definition) is 2. The number of carboxylic acids is 1. The zero-order chi connectivity index (χ0) is 9.35. The Bertz CT molecular complexity index is 197. The summed E-state index contributed by atoms with van der Waals surface area (Å²) in [5.74, 6) is -1.22. The molecule has 3 nitrogen and oxygen atoms in total. The van der Waals surface area contributed by atoms with Crippen molar-refractivity contribution < 1.29 is 23.1 Å². The van der Waals surface area contributed by atoms with E-state index in [-0.39, 0.29) is 25.2 Å². The number of alkyl halides is 3. The second-order valence-electron chi connectivity index (χ2n) is 2.73. The summed E-state index contributed by atoms with van der Waals surface area (Å²) in [7, 11) is 0. The normalized spacial score (nSPS) is 28.2. The van der Waals surface area contributed by atoms with Crippen LogP contribution < -0.4 is 5.32 Å². The fourth-order valence-corrected chi connectivity index (χ4v) is 1.20. The van der Waals surface area contributed by atoms with Crippen molar-refractivity contribution in [3.05, 3.63) is 0 Å². The monoisotopic (exact) mass is 219 g/mol. The first-order valence-corrected chi connectivity index (χ1v) is 3.47. The van der Waals surface area contributed by atoms with Crippen LogP contribution in [0.2, 0.25) is 0 Å². The van der Waals surface area contributed by atoms with Crippen molar-refractivity contribution in [1.29, 1.82) is 0 Å². The maximum atomic E-state index is 11.9. The molecule has 0 aromatic carbocycles. The van der Waals surface area contributed by atoms with Gasteiger partial charge in [0.25, 0.3) is 0 Å². The molecule has 1 heterocycles. The van der Waals surface area contributed by atoms with Crippen molar-refractivity contribution in [2.75, 3.05) is 0 Å². The number of carbonyl (C=O) groups is 1. The highest BCUT2D eigenvalue weighted by atomic mass is 35.5. The molecule has 78 valence electrons. The van der Waals surface area contributed by atoms with Gasteiger partial charge in [-0.25, -0.2) is 0 Å². The van der Waals surface area contributed by atoms with E-state index in [0.717, 1.165) is 0 Å². The van der Waals surface area contributed by atoms with Crippen LogP contribution in [0.5, 0.6) is 0 Å². The van der Waals surface area contributed by atoms with E-state index in [1.54, 1.807) is 0 Å². The molecule has 1 fully saturated rings. The van der Waals surface area contributed by atoms with E-state index in [1.165, 1.54) is 0 Å². The third-order valence-electron chi connectivity index (χ3n) is 1.84.